The number of hydrogen-bond donors (Lipinski definition) is 3. The van der Waals surface area contributed by atoms with Crippen molar-refractivity contribution >= 4 is 34.6 Å². The fourth-order valence-corrected chi connectivity index (χ4v) is 3.77. The number of carbonyl (C=O) groups excluding carboxylic acids is 3. The lowest BCUT2D eigenvalue weighted by Crippen LogP contribution is -2.15. The van der Waals surface area contributed by atoms with Gasteiger partial charge in [-0.2, -0.15) is 0 Å². The molecular weight excluding hydrogens is 470 g/mol. The second kappa shape index (κ2) is 10.1. The predicted molar refractivity (Wildman–Crippen MR) is 138 cm³/mol. The standard InChI is InChI=1S/C28H21N5O4/c29-26(36)21-7-4-14-30-27(21)37-20-11-8-17(9-12-20)15-24(34)33-28-31-22-13-10-19(16-23(22)32-28)25(35)18-5-2-1-3-6-18/h1-14,16H,15H2,(H2,29,36)(H2,31,32,33,34). The highest BCUT2D eigenvalue weighted by Crippen LogP contribution is 2.23. The minimum absolute atomic E-state index is 0.0996. The van der Waals surface area contributed by atoms with Gasteiger partial charge < -0.3 is 15.5 Å². The number of aromatic amines is 1. The zero-order valence-corrected chi connectivity index (χ0v) is 19.5. The highest BCUT2D eigenvalue weighted by molar-refractivity contribution is 6.10. The Morgan fingerprint density at radius 1 is 0.892 bits per heavy atom. The van der Waals surface area contributed by atoms with Crippen molar-refractivity contribution in [3.8, 4) is 11.6 Å². The molecule has 9 heteroatoms. The first-order valence-electron chi connectivity index (χ1n) is 11.4. The summed E-state index contributed by atoms with van der Waals surface area (Å²) in [4.78, 5) is 48.3. The predicted octanol–water partition coefficient (Wildman–Crippen LogP) is 4.26. The molecule has 0 saturated carbocycles. The smallest absolute Gasteiger partial charge is 0.254 e. The Bertz CT molecular complexity index is 1610. The number of imidazole rings is 1. The number of amides is 2. The monoisotopic (exact) mass is 491 g/mol. The Balaban J connectivity index is 1.23. The van der Waals surface area contributed by atoms with Crippen molar-refractivity contribution in [1.29, 1.82) is 0 Å². The first kappa shape index (κ1) is 23.4. The third-order valence-electron chi connectivity index (χ3n) is 5.58. The molecule has 0 spiro atoms. The van der Waals surface area contributed by atoms with Gasteiger partial charge in [0.05, 0.1) is 17.5 Å². The van der Waals surface area contributed by atoms with E-state index in [1.54, 1.807) is 60.7 Å². The van der Waals surface area contributed by atoms with Gasteiger partial charge in [0.1, 0.15) is 11.3 Å². The molecule has 0 fully saturated rings. The number of benzene rings is 3. The summed E-state index contributed by atoms with van der Waals surface area (Å²) < 4.78 is 5.66. The normalized spacial score (nSPS) is 10.7. The van der Waals surface area contributed by atoms with Crippen LogP contribution in [0, 0.1) is 0 Å². The van der Waals surface area contributed by atoms with Crippen molar-refractivity contribution in [1.82, 2.24) is 15.0 Å². The van der Waals surface area contributed by atoms with Crippen molar-refractivity contribution in [3.63, 3.8) is 0 Å². The number of pyridine rings is 1. The Kier molecular flexibility index (Phi) is 6.41. The van der Waals surface area contributed by atoms with Gasteiger partial charge in [-0.3, -0.25) is 19.7 Å². The lowest BCUT2D eigenvalue weighted by molar-refractivity contribution is -0.115. The summed E-state index contributed by atoms with van der Waals surface area (Å²) in [5.41, 5.74) is 8.65. The van der Waals surface area contributed by atoms with Gasteiger partial charge in [0.2, 0.25) is 17.7 Å². The van der Waals surface area contributed by atoms with E-state index in [-0.39, 0.29) is 29.6 Å². The minimum Gasteiger partial charge on any atom is -0.438 e. The maximum Gasteiger partial charge on any atom is 0.254 e. The van der Waals surface area contributed by atoms with E-state index in [9.17, 15) is 14.4 Å². The minimum atomic E-state index is -0.638. The zero-order valence-electron chi connectivity index (χ0n) is 19.5. The number of carbonyl (C=O) groups is 3. The molecule has 0 aliphatic rings. The topological polar surface area (TPSA) is 140 Å². The second-order valence-corrected chi connectivity index (χ2v) is 8.20. The number of nitrogens with zero attached hydrogens (tertiary/aromatic N) is 2. The molecule has 2 amide bonds. The highest BCUT2D eigenvalue weighted by atomic mass is 16.5. The lowest BCUT2D eigenvalue weighted by atomic mass is 10.0. The Morgan fingerprint density at radius 3 is 2.43 bits per heavy atom. The van der Waals surface area contributed by atoms with Gasteiger partial charge in [-0.25, -0.2) is 9.97 Å². The van der Waals surface area contributed by atoms with E-state index in [0.717, 1.165) is 5.56 Å². The van der Waals surface area contributed by atoms with Crippen LogP contribution in [0.3, 0.4) is 0 Å². The van der Waals surface area contributed by atoms with Crippen molar-refractivity contribution in [2.45, 2.75) is 6.42 Å². The number of nitrogens with two attached hydrogens (primary N) is 1. The quantitative estimate of drug-likeness (QED) is 0.277. The van der Waals surface area contributed by atoms with Crippen LogP contribution in [0.2, 0.25) is 0 Å². The Hall–Kier alpha value is -5.31. The maximum atomic E-state index is 12.7. The highest BCUT2D eigenvalue weighted by Gasteiger charge is 2.14. The molecule has 5 aromatic rings. The van der Waals surface area contributed by atoms with Crippen LogP contribution in [0.25, 0.3) is 11.0 Å². The van der Waals surface area contributed by atoms with Crippen LogP contribution in [-0.4, -0.2) is 32.5 Å². The number of aromatic nitrogens is 3. The van der Waals surface area contributed by atoms with E-state index in [1.165, 1.54) is 12.3 Å². The lowest BCUT2D eigenvalue weighted by Gasteiger charge is -2.08. The van der Waals surface area contributed by atoms with Crippen LogP contribution < -0.4 is 15.8 Å². The molecule has 9 nitrogen and oxygen atoms in total. The van der Waals surface area contributed by atoms with Crippen molar-refractivity contribution in [2.24, 2.45) is 5.73 Å². The molecule has 2 aromatic heterocycles. The number of rotatable bonds is 8. The van der Waals surface area contributed by atoms with Crippen molar-refractivity contribution in [2.75, 3.05) is 5.32 Å². The number of primary amides is 1. The fourth-order valence-electron chi connectivity index (χ4n) is 3.77. The van der Waals surface area contributed by atoms with Gasteiger partial charge >= 0.3 is 0 Å². The molecule has 37 heavy (non-hydrogen) atoms. The molecule has 0 saturated heterocycles. The number of ketones is 1. The van der Waals surface area contributed by atoms with E-state index in [2.05, 4.69) is 20.3 Å². The van der Waals surface area contributed by atoms with Gasteiger partial charge in [0.15, 0.2) is 5.78 Å². The van der Waals surface area contributed by atoms with Crippen LogP contribution in [0.15, 0.2) is 91.1 Å². The van der Waals surface area contributed by atoms with Gasteiger partial charge in [-0.1, -0.05) is 42.5 Å². The average molecular weight is 492 g/mol. The molecule has 3 aromatic carbocycles. The summed E-state index contributed by atoms with van der Waals surface area (Å²) in [5.74, 6) is -0.159. The molecule has 0 aliphatic carbocycles. The number of fused-ring (bicyclic) bond motifs is 1. The number of ether oxygens (including phenoxy) is 1. The van der Waals surface area contributed by atoms with Gasteiger partial charge in [-0.15, -0.1) is 0 Å². The third-order valence-corrected chi connectivity index (χ3v) is 5.58. The molecule has 4 N–H and O–H groups in total. The van der Waals surface area contributed by atoms with E-state index in [4.69, 9.17) is 10.5 Å². The summed E-state index contributed by atoms with van der Waals surface area (Å²) in [5, 5.41) is 2.75. The molecule has 0 unspecified atom stereocenters. The van der Waals surface area contributed by atoms with Crippen LogP contribution in [0.4, 0.5) is 5.95 Å². The molecule has 0 atom stereocenters. The number of hydrogen-bond acceptors (Lipinski definition) is 6. The van der Waals surface area contributed by atoms with Gasteiger partial charge in [-0.05, 0) is 48.0 Å². The second-order valence-electron chi connectivity index (χ2n) is 8.20. The Morgan fingerprint density at radius 2 is 1.68 bits per heavy atom. The Labute approximate surface area is 211 Å². The molecule has 2 heterocycles. The summed E-state index contributed by atoms with van der Waals surface area (Å²) in [6.45, 7) is 0. The third kappa shape index (κ3) is 5.35. The first-order chi connectivity index (χ1) is 18.0. The molecule has 0 aliphatic heterocycles. The molecule has 0 radical (unpaired) electrons. The molecule has 5 rings (SSSR count). The molecule has 0 bridgehead atoms. The number of anilines is 1. The molecular formula is C28H21N5O4. The van der Waals surface area contributed by atoms with Crippen LogP contribution in [-0.2, 0) is 11.2 Å². The van der Waals surface area contributed by atoms with E-state index >= 15 is 0 Å². The van der Waals surface area contributed by atoms with Crippen LogP contribution in [0.1, 0.15) is 31.8 Å². The summed E-state index contributed by atoms with van der Waals surface area (Å²) >= 11 is 0. The van der Waals surface area contributed by atoms with Crippen molar-refractivity contribution in [3.05, 3.63) is 113 Å². The van der Waals surface area contributed by atoms with E-state index < -0.39 is 5.91 Å². The van der Waals surface area contributed by atoms with Gasteiger partial charge in [0.25, 0.3) is 5.91 Å². The zero-order chi connectivity index (χ0) is 25.8. The summed E-state index contributed by atoms with van der Waals surface area (Å²) in [6, 6.07) is 24.1. The number of H-pyrrole nitrogens is 1. The average Bonchev–Trinajstić information content (AvgIpc) is 3.31. The first-order valence-corrected chi connectivity index (χ1v) is 11.4. The fraction of sp³-hybridized carbons (Fsp3) is 0.0357. The number of nitrogens with one attached hydrogen (secondary N) is 2. The SMILES string of the molecule is NC(=O)c1cccnc1Oc1ccc(CC(=O)Nc2nc3cc(C(=O)c4ccccc4)ccc3[nH]2)cc1. The van der Waals surface area contributed by atoms with E-state index in [1.807, 2.05) is 18.2 Å². The maximum absolute atomic E-state index is 12.7. The summed E-state index contributed by atoms with van der Waals surface area (Å²) in [7, 11) is 0. The van der Waals surface area contributed by atoms with Crippen LogP contribution >= 0.6 is 0 Å². The van der Waals surface area contributed by atoms with Crippen molar-refractivity contribution < 1.29 is 19.1 Å². The molecule has 182 valence electrons. The van der Waals surface area contributed by atoms with Gasteiger partial charge in [0, 0.05) is 17.3 Å². The van der Waals surface area contributed by atoms with E-state index in [0.29, 0.717) is 33.9 Å². The van der Waals surface area contributed by atoms with Crippen LogP contribution in [0.5, 0.6) is 11.6 Å². The largest absolute Gasteiger partial charge is 0.438 e. The summed E-state index contributed by atoms with van der Waals surface area (Å²) in [6.07, 6.45) is 1.60.